The van der Waals surface area contributed by atoms with Crippen molar-refractivity contribution >= 4 is 5.91 Å². The van der Waals surface area contributed by atoms with Gasteiger partial charge in [0.2, 0.25) is 0 Å². The predicted molar refractivity (Wildman–Crippen MR) is 54.7 cm³/mol. The molecule has 7 heteroatoms. The Labute approximate surface area is 93.2 Å². The molecule has 2 rings (SSSR count). The first-order valence-corrected chi connectivity index (χ1v) is 5.45. The summed E-state index contributed by atoms with van der Waals surface area (Å²) in [6, 6.07) is 0. The average molecular weight is 225 g/mol. The lowest BCUT2D eigenvalue weighted by Gasteiger charge is -2.30. The molecule has 1 aliphatic heterocycles. The van der Waals surface area contributed by atoms with Gasteiger partial charge in [-0.05, 0) is 25.0 Å². The third-order valence-electron chi connectivity index (χ3n) is 2.67. The van der Waals surface area contributed by atoms with Crippen molar-refractivity contribution in [3.8, 4) is 0 Å². The highest BCUT2D eigenvalue weighted by molar-refractivity contribution is 5.90. The quantitative estimate of drug-likeness (QED) is 0.772. The van der Waals surface area contributed by atoms with Gasteiger partial charge in [0.15, 0.2) is 0 Å². The van der Waals surface area contributed by atoms with E-state index in [1.54, 1.807) is 4.90 Å². The number of rotatable bonds is 3. The van der Waals surface area contributed by atoms with Crippen LogP contribution in [0.15, 0.2) is 0 Å². The molecule has 1 N–H and O–H groups in total. The van der Waals surface area contributed by atoms with Crippen molar-refractivity contribution in [3.63, 3.8) is 0 Å². The molecule has 1 aliphatic rings. The minimum Gasteiger partial charge on any atom is -0.378 e. The van der Waals surface area contributed by atoms with Crippen molar-refractivity contribution < 1.29 is 9.53 Å². The van der Waals surface area contributed by atoms with Crippen LogP contribution in [0, 0.1) is 0 Å². The standard InChI is InChI=1S/C9H15N5O2/c1-2-16-7-3-5-14(6-4-7)9(15)8-10-12-13-11-8/h7H,2-6H2,1H3,(H,10,11,12,13). The van der Waals surface area contributed by atoms with Gasteiger partial charge in [0.1, 0.15) is 0 Å². The first kappa shape index (κ1) is 11.0. The fraction of sp³-hybridized carbons (Fsp3) is 0.778. The highest BCUT2D eigenvalue weighted by Crippen LogP contribution is 2.14. The number of likely N-dealkylation sites (tertiary alicyclic amines) is 1. The summed E-state index contributed by atoms with van der Waals surface area (Å²) in [5.41, 5.74) is 0. The molecule has 0 unspecified atom stereocenters. The van der Waals surface area contributed by atoms with Gasteiger partial charge in [-0.2, -0.15) is 5.21 Å². The van der Waals surface area contributed by atoms with Crippen LogP contribution in [0.4, 0.5) is 0 Å². The summed E-state index contributed by atoms with van der Waals surface area (Å²) >= 11 is 0. The Morgan fingerprint density at radius 1 is 1.56 bits per heavy atom. The fourth-order valence-corrected chi connectivity index (χ4v) is 1.86. The Morgan fingerprint density at radius 3 is 2.88 bits per heavy atom. The van der Waals surface area contributed by atoms with E-state index in [4.69, 9.17) is 4.74 Å². The van der Waals surface area contributed by atoms with Crippen LogP contribution in [0.3, 0.4) is 0 Å². The number of nitrogens with zero attached hydrogens (tertiary/aromatic N) is 4. The number of hydrogen-bond donors (Lipinski definition) is 1. The minimum absolute atomic E-state index is 0.134. The third-order valence-corrected chi connectivity index (χ3v) is 2.67. The summed E-state index contributed by atoms with van der Waals surface area (Å²) in [4.78, 5) is 13.6. The van der Waals surface area contributed by atoms with Crippen LogP contribution in [-0.4, -0.2) is 57.2 Å². The molecule has 0 aliphatic carbocycles. The summed E-state index contributed by atoms with van der Waals surface area (Å²) in [5.74, 6) is -0.0291. The molecular formula is C9H15N5O2. The lowest BCUT2D eigenvalue weighted by atomic mass is 10.1. The van der Waals surface area contributed by atoms with Crippen LogP contribution in [-0.2, 0) is 4.74 Å². The smallest absolute Gasteiger partial charge is 0.295 e. The highest BCUT2D eigenvalue weighted by Gasteiger charge is 2.25. The third kappa shape index (κ3) is 2.35. The van der Waals surface area contributed by atoms with Gasteiger partial charge in [0.25, 0.3) is 11.7 Å². The van der Waals surface area contributed by atoms with Crippen molar-refractivity contribution in [1.82, 2.24) is 25.5 Å². The molecule has 2 heterocycles. The Morgan fingerprint density at radius 2 is 2.31 bits per heavy atom. The van der Waals surface area contributed by atoms with Gasteiger partial charge >= 0.3 is 0 Å². The molecule has 88 valence electrons. The number of aromatic nitrogens is 4. The van der Waals surface area contributed by atoms with E-state index in [1.165, 1.54) is 0 Å². The van der Waals surface area contributed by atoms with Crippen LogP contribution in [0.5, 0.6) is 0 Å². The predicted octanol–water partition coefficient (Wildman–Crippen LogP) is -0.159. The number of carbonyl (C=O) groups excluding carboxylic acids is 1. The largest absolute Gasteiger partial charge is 0.378 e. The van der Waals surface area contributed by atoms with Crippen LogP contribution in [0.1, 0.15) is 30.4 Å². The van der Waals surface area contributed by atoms with Crippen molar-refractivity contribution in [3.05, 3.63) is 5.82 Å². The maximum absolute atomic E-state index is 11.8. The number of carbonyl (C=O) groups is 1. The van der Waals surface area contributed by atoms with Crippen LogP contribution >= 0.6 is 0 Å². The van der Waals surface area contributed by atoms with E-state index in [-0.39, 0.29) is 17.8 Å². The molecule has 16 heavy (non-hydrogen) atoms. The van der Waals surface area contributed by atoms with Crippen LogP contribution in [0.25, 0.3) is 0 Å². The van der Waals surface area contributed by atoms with E-state index in [2.05, 4.69) is 20.6 Å². The lowest BCUT2D eigenvalue weighted by Crippen LogP contribution is -2.41. The van der Waals surface area contributed by atoms with Crippen molar-refractivity contribution in [2.24, 2.45) is 0 Å². The van der Waals surface area contributed by atoms with E-state index in [1.807, 2.05) is 6.92 Å². The number of hydrogen-bond acceptors (Lipinski definition) is 5. The van der Waals surface area contributed by atoms with Crippen molar-refractivity contribution in [1.29, 1.82) is 0 Å². The SMILES string of the molecule is CCOC1CCN(C(=O)c2nn[nH]n2)CC1. The van der Waals surface area contributed by atoms with Gasteiger partial charge in [-0.3, -0.25) is 4.79 Å². The topological polar surface area (TPSA) is 84.0 Å². The monoisotopic (exact) mass is 225 g/mol. The second kappa shape index (κ2) is 5.02. The van der Waals surface area contributed by atoms with Gasteiger partial charge in [0, 0.05) is 19.7 Å². The van der Waals surface area contributed by atoms with Gasteiger partial charge in [-0.1, -0.05) is 0 Å². The van der Waals surface area contributed by atoms with Crippen molar-refractivity contribution in [2.45, 2.75) is 25.9 Å². The number of amides is 1. The first-order chi connectivity index (χ1) is 7.81. The second-order valence-corrected chi connectivity index (χ2v) is 3.68. The van der Waals surface area contributed by atoms with Gasteiger partial charge < -0.3 is 9.64 Å². The summed E-state index contributed by atoms with van der Waals surface area (Å²) in [5, 5.41) is 13.0. The molecule has 1 saturated heterocycles. The lowest BCUT2D eigenvalue weighted by molar-refractivity contribution is 0.0142. The molecular weight excluding hydrogens is 210 g/mol. The summed E-state index contributed by atoms with van der Waals surface area (Å²) in [6.45, 7) is 4.09. The summed E-state index contributed by atoms with van der Waals surface area (Å²) < 4.78 is 5.51. The number of H-pyrrole nitrogens is 1. The Hall–Kier alpha value is -1.50. The van der Waals surface area contributed by atoms with E-state index >= 15 is 0 Å². The minimum atomic E-state index is -0.163. The molecule has 0 saturated carbocycles. The van der Waals surface area contributed by atoms with E-state index in [0.717, 1.165) is 19.4 Å². The van der Waals surface area contributed by atoms with Crippen LogP contribution < -0.4 is 0 Å². The maximum atomic E-state index is 11.8. The molecule has 0 atom stereocenters. The molecule has 1 fully saturated rings. The molecule has 0 bridgehead atoms. The number of aromatic amines is 1. The fourth-order valence-electron chi connectivity index (χ4n) is 1.86. The Kier molecular flexibility index (Phi) is 3.45. The molecule has 1 aromatic rings. The zero-order valence-corrected chi connectivity index (χ0v) is 9.22. The average Bonchev–Trinajstić information content (AvgIpc) is 2.83. The van der Waals surface area contributed by atoms with Crippen molar-refractivity contribution in [2.75, 3.05) is 19.7 Å². The normalized spacial score (nSPS) is 17.7. The van der Waals surface area contributed by atoms with Crippen LogP contribution in [0.2, 0.25) is 0 Å². The summed E-state index contributed by atoms with van der Waals surface area (Å²) in [6.07, 6.45) is 2.02. The zero-order valence-electron chi connectivity index (χ0n) is 9.22. The maximum Gasteiger partial charge on any atom is 0.295 e. The Bertz CT molecular complexity index is 332. The van der Waals surface area contributed by atoms with Gasteiger partial charge in [-0.25, -0.2) is 0 Å². The number of tetrazole rings is 1. The van der Waals surface area contributed by atoms with Gasteiger partial charge in [0.05, 0.1) is 6.10 Å². The van der Waals surface area contributed by atoms with E-state index < -0.39 is 0 Å². The zero-order chi connectivity index (χ0) is 11.4. The number of piperidine rings is 1. The van der Waals surface area contributed by atoms with Gasteiger partial charge in [-0.15, -0.1) is 10.2 Å². The number of nitrogens with one attached hydrogen (secondary N) is 1. The number of ether oxygens (including phenoxy) is 1. The highest BCUT2D eigenvalue weighted by atomic mass is 16.5. The molecule has 1 amide bonds. The Balaban J connectivity index is 1.87. The first-order valence-electron chi connectivity index (χ1n) is 5.45. The second-order valence-electron chi connectivity index (χ2n) is 3.68. The molecule has 0 radical (unpaired) electrons. The molecule has 0 spiro atoms. The van der Waals surface area contributed by atoms with E-state index in [9.17, 15) is 4.79 Å². The molecule has 1 aromatic heterocycles. The van der Waals surface area contributed by atoms with E-state index in [0.29, 0.717) is 13.1 Å². The summed E-state index contributed by atoms with van der Waals surface area (Å²) in [7, 11) is 0. The molecule has 0 aromatic carbocycles. The molecule has 7 nitrogen and oxygen atoms in total.